The van der Waals surface area contributed by atoms with Crippen LogP contribution < -0.4 is 4.90 Å². The van der Waals surface area contributed by atoms with E-state index in [1.807, 2.05) is 0 Å². The Morgan fingerprint density at radius 3 is 1.85 bits per heavy atom. The number of halogens is 4. The molecule has 0 aliphatic rings. The molecule has 0 bridgehead atoms. The second kappa shape index (κ2) is 9.00. The number of imide groups is 1. The third-order valence-corrected chi connectivity index (χ3v) is 4.58. The SMILES string of the molecule is O=C(c1c(F)cccc1[N+](=O)[O-])N(C(=O)c1c(Cl)cccc1[N+](=O)[O-])c1c(F)cncc1F. The molecule has 0 saturated carbocycles. The Bertz CT molecular complexity index is 1240. The van der Waals surface area contributed by atoms with E-state index in [1.165, 1.54) is 0 Å². The number of hydrogen-bond acceptors (Lipinski definition) is 7. The number of nitro benzene ring substituents is 2. The maximum atomic E-state index is 14.5. The summed E-state index contributed by atoms with van der Waals surface area (Å²) in [6, 6.07) is 5.19. The average Bonchev–Trinajstić information content (AvgIpc) is 2.75. The summed E-state index contributed by atoms with van der Waals surface area (Å²) >= 11 is 5.90. The minimum absolute atomic E-state index is 0.300. The van der Waals surface area contributed by atoms with Crippen molar-refractivity contribution in [3.63, 3.8) is 0 Å². The fourth-order valence-electron chi connectivity index (χ4n) is 2.89. The number of nitro groups is 2. The van der Waals surface area contributed by atoms with Crippen LogP contribution in [0.25, 0.3) is 0 Å². The highest BCUT2D eigenvalue weighted by Gasteiger charge is 2.39. The molecule has 2 aromatic carbocycles. The average molecular weight is 481 g/mol. The Hall–Kier alpha value is -4.39. The van der Waals surface area contributed by atoms with Gasteiger partial charge in [-0.05, 0) is 12.1 Å². The van der Waals surface area contributed by atoms with Crippen molar-refractivity contribution in [3.05, 3.63) is 103 Å². The van der Waals surface area contributed by atoms with Crippen LogP contribution in [0.5, 0.6) is 0 Å². The minimum Gasteiger partial charge on any atom is -0.268 e. The number of hydrogen-bond donors (Lipinski definition) is 0. The van der Waals surface area contributed by atoms with Gasteiger partial charge in [0.05, 0.1) is 27.3 Å². The van der Waals surface area contributed by atoms with Gasteiger partial charge >= 0.3 is 0 Å². The lowest BCUT2D eigenvalue weighted by atomic mass is 10.1. The predicted molar refractivity (Wildman–Crippen MR) is 106 cm³/mol. The first-order valence-corrected chi connectivity index (χ1v) is 8.97. The molecule has 0 spiro atoms. The monoisotopic (exact) mass is 480 g/mol. The lowest BCUT2D eigenvalue weighted by molar-refractivity contribution is -0.385. The van der Waals surface area contributed by atoms with Gasteiger partial charge in [0.1, 0.15) is 17.1 Å². The van der Waals surface area contributed by atoms with Crippen LogP contribution in [0.15, 0.2) is 48.8 Å². The molecule has 0 aliphatic carbocycles. The van der Waals surface area contributed by atoms with Crippen molar-refractivity contribution in [2.24, 2.45) is 0 Å². The van der Waals surface area contributed by atoms with Crippen LogP contribution in [0.2, 0.25) is 5.02 Å². The number of carbonyl (C=O) groups excluding carboxylic acids is 2. The van der Waals surface area contributed by atoms with Gasteiger partial charge in [-0.15, -0.1) is 0 Å². The van der Waals surface area contributed by atoms with E-state index < -0.39 is 72.3 Å². The molecule has 3 aromatic rings. The smallest absolute Gasteiger partial charge is 0.268 e. The van der Waals surface area contributed by atoms with Crippen molar-refractivity contribution >= 4 is 40.5 Å². The van der Waals surface area contributed by atoms with Gasteiger partial charge in [0.25, 0.3) is 23.2 Å². The Balaban J connectivity index is 2.36. The molecule has 168 valence electrons. The van der Waals surface area contributed by atoms with Crippen LogP contribution in [0.3, 0.4) is 0 Å². The van der Waals surface area contributed by atoms with Gasteiger partial charge in [0.2, 0.25) is 0 Å². The van der Waals surface area contributed by atoms with Crippen molar-refractivity contribution in [1.82, 2.24) is 4.98 Å². The second-order valence-corrected chi connectivity index (χ2v) is 6.59. The second-order valence-electron chi connectivity index (χ2n) is 6.18. The zero-order chi connectivity index (χ0) is 24.4. The zero-order valence-electron chi connectivity index (χ0n) is 15.9. The first-order chi connectivity index (χ1) is 15.6. The highest BCUT2D eigenvalue weighted by atomic mass is 35.5. The molecule has 0 radical (unpaired) electrons. The molecule has 0 unspecified atom stereocenters. The summed E-state index contributed by atoms with van der Waals surface area (Å²) < 4.78 is 43.6. The van der Waals surface area contributed by atoms with E-state index >= 15 is 0 Å². The van der Waals surface area contributed by atoms with Crippen molar-refractivity contribution in [2.75, 3.05) is 4.90 Å². The van der Waals surface area contributed by atoms with E-state index in [2.05, 4.69) is 4.98 Å². The molecule has 33 heavy (non-hydrogen) atoms. The van der Waals surface area contributed by atoms with Crippen LogP contribution in [0.1, 0.15) is 20.7 Å². The van der Waals surface area contributed by atoms with Gasteiger partial charge in [-0.1, -0.05) is 23.7 Å². The zero-order valence-corrected chi connectivity index (χ0v) is 16.6. The molecule has 0 atom stereocenters. The van der Waals surface area contributed by atoms with Crippen molar-refractivity contribution in [2.45, 2.75) is 0 Å². The summed E-state index contributed by atoms with van der Waals surface area (Å²) in [5.74, 6) is -8.28. The summed E-state index contributed by atoms with van der Waals surface area (Å²) in [7, 11) is 0. The van der Waals surface area contributed by atoms with Gasteiger partial charge in [-0.2, -0.15) is 0 Å². The first kappa shape index (κ1) is 23.3. The van der Waals surface area contributed by atoms with E-state index in [9.17, 15) is 43.0 Å². The number of amides is 2. The Morgan fingerprint density at radius 1 is 0.818 bits per heavy atom. The molecular weight excluding hydrogens is 473 g/mol. The van der Waals surface area contributed by atoms with Crippen LogP contribution in [0.4, 0.5) is 30.2 Å². The Labute approximate surface area is 186 Å². The molecule has 0 N–H and O–H groups in total. The third-order valence-electron chi connectivity index (χ3n) is 4.26. The van der Waals surface area contributed by atoms with Crippen LogP contribution in [-0.2, 0) is 0 Å². The van der Waals surface area contributed by atoms with E-state index in [1.54, 1.807) is 0 Å². The fourth-order valence-corrected chi connectivity index (χ4v) is 3.14. The molecule has 1 aromatic heterocycles. The van der Waals surface area contributed by atoms with Gasteiger partial charge in [0.15, 0.2) is 17.2 Å². The third kappa shape index (κ3) is 4.21. The van der Waals surface area contributed by atoms with Crippen LogP contribution in [-0.4, -0.2) is 26.6 Å². The highest BCUT2D eigenvalue weighted by molar-refractivity contribution is 6.37. The molecular formula is C19H8ClF3N4O6. The molecule has 0 fully saturated rings. The Morgan fingerprint density at radius 2 is 1.30 bits per heavy atom. The van der Waals surface area contributed by atoms with Crippen molar-refractivity contribution in [1.29, 1.82) is 0 Å². The highest BCUT2D eigenvalue weighted by Crippen LogP contribution is 2.34. The van der Waals surface area contributed by atoms with Gasteiger partial charge in [-0.25, -0.2) is 18.1 Å². The van der Waals surface area contributed by atoms with Crippen LogP contribution >= 0.6 is 11.6 Å². The van der Waals surface area contributed by atoms with Gasteiger partial charge in [-0.3, -0.25) is 34.8 Å². The largest absolute Gasteiger partial charge is 0.285 e. The first-order valence-electron chi connectivity index (χ1n) is 8.59. The van der Waals surface area contributed by atoms with Gasteiger partial charge in [0, 0.05) is 12.1 Å². The molecule has 10 nitrogen and oxygen atoms in total. The molecule has 3 rings (SSSR count). The van der Waals surface area contributed by atoms with Crippen molar-refractivity contribution < 1.29 is 32.6 Å². The molecule has 2 amide bonds. The quantitative estimate of drug-likeness (QED) is 0.299. The maximum absolute atomic E-state index is 14.5. The van der Waals surface area contributed by atoms with E-state index in [0.717, 1.165) is 30.3 Å². The standard InChI is InChI=1S/C19H8ClF3N4O6/c20-9-3-1-5-13(26(30)31)15(9)18(28)25(17-11(22)7-24-8-12(17)23)19(29)16-10(21)4-2-6-14(16)27(32)33/h1-8H. The number of pyridine rings is 1. The van der Waals surface area contributed by atoms with E-state index in [4.69, 9.17) is 11.6 Å². The minimum atomic E-state index is -1.87. The number of nitrogens with zero attached hydrogens (tertiary/aromatic N) is 4. The lowest BCUT2D eigenvalue weighted by Gasteiger charge is -2.22. The summed E-state index contributed by atoms with van der Waals surface area (Å²) in [5, 5.41) is 22.1. The molecule has 14 heteroatoms. The number of carbonyl (C=O) groups is 2. The van der Waals surface area contributed by atoms with Gasteiger partial charge < -0.3 is 0 Å². The fraction of sp³-hybridized carbons (Fsp3) is 0. The normalized spacial score (nSPS) is 10.5. The lowest BCUT2D eigenvalue weighted by Crippen LogP contribution is -2.39. The molecule has 1 heterocycles. The summed E-state index contributed by atoms with van der Waals surface area (Å²) in [5.41, 5.74) is -5.75. The number of rotatable bonds is 5. The number of aromatic nitrogens is 1. The van der Waals surface area contributed by atoms with Crippen molar-refractivity contribution in [3.8, 4) is 0 Å². The summed E-state index contributed by atoms with van der Waals surface area (Å²) in [6.45, 7) is 0. The molecule has 0 saturated heterocycles. The summed E-state index contributed by atoms with van der Waals surface area (Å²) in [6.07, 6.45) is 0.811. The number of anilines is 1. The number of benzene rings is 2. The van der Waals surface area contributed by atoms with E-state index in [-0.39, 0.29) is 4.90 Å². The van der Waals surface area contributed by atoms with E-state index in [0.29, 0.717) is 18.5 Å². The van der Waals surface area contributed by atoms with Crippen LogP contribution in [0, 0.1) is 37.7 Å². The summed E-state index contributed by atoms with van der Waals surface area (Å²) in [4.78, 5) is 49.9. The Kier molecular flexibility index (Phi) is 6.35. The topological polar surface area (TPSA) is 137 Å². The maximum Gasteiger partial charge on any atom is 0.285 e. The predicted octanol–water partition coefficient (Wildman–Crippen LogP) is 4.46. The molecule has 0 aliphatic heterocycles.